The Labute approximate surface area is 130 Å². The number of rotatable bonds is 5. The largest absolute Gasteiger partial charge is 0.396 e. The van der Waals surface area contributed by atoms with Gasteiger partial charge < -0.3 is 10.8 Å². The van der Waals surface area contributed by atoms with Gasteiger partial charge in [0, 0.05) is 42.3 Å². The molecule has 1 saturated heterocycles. The first kappa shape index (κ1) is 16.1. The third-order valence-corrected chi connectivity index (χ3v) is 4.41. The van der Waals surface area contributed by atoms with Crippen molar-refractivity contribution < 1.29 is 5.11 Å². The molecule has 0 aromatic heterocycles. The zero-order valence-corrected chi connectivity index (χ0v) is 13.1. The zero-order chi connectivity index (χ0) is 14.5. The minimum Gasteiger partial charge on any atom is -0.396 e. The summed E-state index contributed by atoms with van der Waals surface area (Å²) in [5.74, 6) is 0.567. The van der Waals surface area contributed by atoms with Crippen molar-refractivity contribution in [2.24, 2.45) is 11.7 Å². The molecule has 20 heavy (non-hydrogen) atoms. The van der Waals surface area contributed by atoms with E-state index in [2.05, 4.69) is 4.90 Å². The Morgan fingerprint density at radius 2 is 2.10 bits per heavy atom. The van der Waals surface area contributed by atoms with Gasteiger partial charge in [0.25, 0.3) is 0 Å². The van der Waals surface area contributed by atoms with Crippen LogP contribution in [0.3, 0.4) is 0 Å². The van der Waals surface area contributed by atoms with Gasteiger partial charge in [-0.3, -0.25) is 4.90 Å². The molecule has 1 aliphatic heterocycles. The van der Waals surface area contributed by atoms with Crippen LogP contribution in [-0.4, -0.2) is 35.7 Å². The molecule has 1 aromatic rings. The second-order valence-electron chi connectivity index (χ2n) is 5.66. The van der Waals surface area contributed by atoms with E-state index in [0.717, 1.165) is 44.5 Å². The van der Waals surface area contributed by atoms with E-state index in [-0.39, 0.29) is 12.6 Å². The van der Waals surface area contributed by atoms with E-state index in [0.29, 0.717) is 16.0 Å². The van der Waals surface area contributed by atoms with Gasteiger partial charge in [-0.2, -0.15) is 0 Å². The van der Waals surface area contributed by atoms with Crippen LogP contribution >= 0.6 is 23.2 Å². The average Bonchev–Trinajstić information content (AvgIpc) is 2.39. The molecule has 0 aliphatic carbocycles. The van der Waals surface area contributed by atoms with E-state index in [1.54, 1.807) is 6.07 Å². The van der Waals surface area contributed by atoms with Gasteiger partial charge in [0.2, 0.25) is 0 Å². The summed E-state index contributed by atoms with van der Waals surface area (Å²) in [7, 11) is 0. The molecule has 0 radical (unpaired) electrons. The fourth-order valence-corrected chi connectivity index (χ4v) is 3.43. The Morgan fingerprint density at radius 1 is 1.30 bits per heavy atom. The fourth-order valence-electron chi connectivity index (χ4n) is 2.96. The Hall–Kier alpha value is -0.320. The summed E-state index contributed by atoms with van der Waals surface area (Å²) < 4.78 is 0. The van der Waals surface area contributed by atoms with Crippen molar-refractivity contribution in [1.29, 1.82) is 0 Å². The molecule has 2 rings (SSSR count). The SMILES string of the molecule is NC1CC(CCCO)CN(Cc2ccc(Cl)cc2Cl)C1. The number of aliphatic hydroxyl groups is 1. The molecule has 0 saturated carbocycles. The van der Waals surface area contributed by atoms with Gasteiger partial charge >= 0.3 is 0 Å². The second kappa shape index (κ2) is 7.62. The van der Waals surface area contributed by atoms with Crippen LogP contribution in [-0.2, 0) is 6.54 Å². The molecule has 3 N–H and O–H groups in total. The first-order valence-corrected chi connectivity index (χ1v) is 7.86. The van der Waals surface area contributed by atoms with E-state index in [1.807, 2.05) is 12.1 Å². The van der Waals surface area contributed by atoms with E-state index in [4.69, 9.17) is 34.0 Å². The van der Waals surface area contributed by atoms with Crippen LogP contribution in [0.15, 0.2) is 18.2 Å². The van der Waals surface area contributed by atoms with Gasteiger partial charge in [-0.05, 0) is 42.9 Å². The number of piperidine rings is 1. The lowest BCUT2D eigenvalue weighted by Crippen LogP contribution is -2.46. The molecular formula is C15H22Cl2N2O. The van der Waals surface area contributed by atoms with Gasteiger partial charge in [-0.1, -0.05) is 29.3 Å². The highest BCUT2D eigenvalue weighted by Gasteiger charge is 2.25. The second-order valence-corrected chi connectivity index (χ2v) is 6.50. The summed E-state index contributed by atoms with van der Waals surface area (Å²) in [5.41, 5.74) is 7.23. The van der Waals surface area contributed by atoms with Crippen molar-refractivity contribution in [3.05, 3.63) is 33.8 Å². The number of benzene rings is 1. The molecule has 2 atom stereocenters. The zero-order valence-electron chi connectivity index (χ0n) is 11.6. The topological polar surface area (TPSA) is 49.5 Å². The first-order chi connectivity index (χ1) is 9.58. The van der Waals surface area contributed by atoms with Crippen molar-refractivity contribution in [2.75, 3.05) is 19.7 Å². The quantitative estimate of drug-likeness (QED) is 0.878. The predicted octanol–water partition coefficient (Wildman–Crippen LogP) is 2.92. The summed E-state index contributed by atoms with van der Waals surface area (Å²) in [4.78, 5) is 2.35. The minimum absolute atomic E-state index is 0.207. The average molecular weight is 317 g/mol. The van der Waals surface area contributed by atoms with Crippen LogP contribution in [0.25, 0.3) is 0 Å². The molecule has 3 nitrogen and oxygen atoms in total. The van der Waals surface area contributed by atoms with Crippen LogP contribution < -0.4 is 5.73 Å². The number of nitrogens with two attached hydrogens (primary N) is 1. The van der Waals surface area contributed by atoms with Crippen molar-refractivity contribution in [3.8, 4) is 0 Å². The third kappa shape index (κ3) is 4.61. The maximum Gasteiger partial charge on any atom is 0.0465 e. The standard InChI is InChI=1S/C15H22Cl2N2O/c16-13-4-3-12(15(17)7-13)9-19-8-11(2-1-5-20)6-14(18)10-19/h3-4,7,11,14,20H,1-2,5-6,8-10,18H2. The highest BCUT2D eigenvalue weighted by molar-refractivity contribution is 6.35. The van der Waals surface area contributed by atoms with E-state index < -0.39 is 0 Å². The van der Waals surface area contributed by atoms with Crippen molar-refractivity contribution >= 4 is 23.2 Å². The van der Waals surface area contributed by atoms with Crippen LogP contribution in [0, 0.1) is 5.92 Å². The maximum atomic E-state index is 8.95. The molecule has 2 unspecified atom stereocenters. The van der Waals surface area contributed by atoms with Gasteiger partial charge in [-0.15, -0.1) is 0 Å². The number of nitrogens with zero attached hydrogens (tertiary/aromatic N) is 1. The maximum absolute atomic E-state index is 8.95. The molecular weight excluding hydrogens is 295 g/mol. The van der Waals surface area contributed by atoms with E-state index >= 15 is 0 Å². The Bertz CT molecular complexity index is 442. The van der Waals surface area contributed by atoms with Crippen LogP contribution in [0.1, 0.15) is 24.8 Å². The molecule has 1 aliphatic rings. The first-order valence-electron chi connectivity index (χ1n) is 7.11. The number of halogens is 2. The normalized spacial score (nSPS) is 24.0. The number of hydrogen-bond donors (Lipinski definition) is 2. The van der Waals surface area contributed by atoms with Crippen molar-refractivity contribution in [2.45, 2.75) is 31.8 Å². The van der Waals surface area contributed by atoms with E-state index in [1.165, 1.54) is 0 Å². The fraction of sp³-hybridized carbons (Fsp3) is 0.600. The molecule has 1 aromatic carbocycles. The Balaban J connectivity index is 1.97. The van der Waals surface area contributed by atoms with Gasteiger partial charge in [0.15, 0.2) is 0 Å². The lowest BCUT2D eigenvalue weighted by molar-refractivity contribution is 0.137. The van der Waals surface area contributed by atoms with Gasteiger partial charge in [0.05, 0.1) is 0 Å². The lowest BCUT2D eigenvalue weighted by atomic mass is 9.90. The van der Waals surface area contributed by atoms with Crippen LogP contribution in [0.4, 0.5) is 0 Å². The Morgan fingerprint density at radius 3 is 2.80 bits per heavy atom. The molecule has 0 spiro atoms. The highest BCUT2D eigenvalue weighted by Crippen LogP contribution is 2.26. The van der Waals surface area contributed by atoms with Crippen LogP contribution in [0.5, 0.6) is 0 Å². The minimum atomic E-state index is 0.207. The molecule has 1 heterocycles. The summed E-state index contributed by atoms with van der Waals surface area (Å²) >= 11 is 12.2. The van der Waals surface area contributed by atoms with Crippen molar-refractivity contribution in [1.82, 2.24) is 4.90 Å². The smallest absolute Gasteiger partial charge is 0.0465 e. The summed E-state index contributed by atoms with van der Waals surface area (Å²) in [6, 6.07) is 5.84. The third-order valence-electron chi connectivity index (χ3n) is 3.82. The molecule has 1 fully saturated rings. The monoisotopic (exact) mass is 316 g/mol. The van der Waals surface area contributed by atoms with Crippen molar-refractivity contribution in [3.63, 3.8) is 0 Å². The molecule has 0 bridgehead atoms. The summed E-state index contributed by atoms with van der Waals surface area (Å²) in [5, 5.41) is 10.3. The summed E-state index contributed by atoms with van der Waals surface area (Å²) in [6.45, 7) is 2.98. The Kier molecular flexibility index (Phi) is 6.12. The molecule has 5 heteroatoms. The van der Waals surface area contributed by atoms with Crippen LogP contribution in [0.2, 0.25) is 10.0 Å². The summed E-state index contributed by atoms with van der Waals surface area (Å²) in [6.07, 6.45) is 2.94. The number of hydrogen-bond acceptors (Lipinski definition) is 3. The molecule has 112 valence electrons. The highest BCUT2D eigenvalue weighted by atomic mass is 35.5. The predicted molar refractivity (Wildman–Crippen MR) is 84.1 cm³/mol. The van der Waals surface area contributed by atoms with Gasteiger partial charge in [0.1, 0.15) is 0 Å². The molecule has 0 amide bonds. The van der Waals surface area contributed by atoms with Gasteiger partial charge in [-0.25, -0.2) is 0 Å². The number of likely N-dealkylation sites (tertiary alicyclic amines) is 1. The van der Waals surface area contributed by atoms with E-state index in [9.17, 15) is 0 Å². The lowest BCUT2D eigenvalue weighted by Gasteiger charge is -2.36. The number of aliphatic hydroxyl groups excluding tert-OH is 1.